The van der Waals surface area contributed by atoms with Crippen molar-refractivity contribution in [3.05, 3.63) is 82.0 Å². The molecule has 2 aliphatic rings. The number of anilines is 1. The molecule has 2 atom stereocenters. The minimum atomic E-state index is -1.29. The number of Topliss-reactive ketones (excluding diaryl/α,β-unsaturated/α-hetero) is 1. The molecule has 0 fully saturated rings. The Morgan fingerprint density at radius 1 is 1.07 bits per heavy atom. The van der Waals surface area contributed by atoms with Crippen molar-refractivity contribution in [3.63, 3.8) is 0 Å². The number of hydrogen-bond donors (Lipinski definition) is 4. The standard InChI is InChI=1S/C30H31NO9/c1-30(2)22-11-19(38-15-25(35)24(34)14-32)7-4-16(22)10-21-27-23(33)12-20(13-26(27)40-28(21)30)39-29(36)31-17-5-8-18(37-3)9-6-17/h4-9,11,13,24-25,32,34-35H,10,12,14-15H2,1-3H3,(H,31,36)/t24-,25-/m1/s1. The van der Waals surface area contributed by atoms with Crippen LogP contribution >= 0.6 is 0 Å². The summed E-state index contributed by atoms with van der Waals surface area (Å²) in [6, 6.07) is 12.3. The van der Waals surface area contributed by atoms with E-state index in [0.717, 1.165) is 16.7 Å². The van der Waals surface area contributed by atoms with Crippen molar-refractivity contribution >= 4 is 23.6 Å². The van der Waals surface area contributed by atoms with Crippen LogP contribution in [0.2, 0.25) is 0 Å². The van der Waals surface area contributed by atoms with Crippen LogP contribution in [0.5, 0.6) is 11.5 Å². The molecule has 10 nitrogen and oxygen atoms in total. The van der Waals surface area contributed by atoms with Crippen molar-refractivity contribution < 1.29 is 43.5 Å². The predicted molar refractivity (Wildman–Crippen MR) is 145 cm³/mol. The Balaban J connectivity index is 1.36. The Hall–Kier alpha value is -4.12. The lowest BCUT2D eigenvalue weighted by Crippen LogP contribution is -2.34. The van der Waals surface area contributed by atoms with Crippen molar-refractivity contribution in [3.8, 4) is 11.5 Å². The van der Waals surface area contributed by atoms with Crippen LogP contribution in [-0.4, -0.2) is 59.7 Å². The van der Waals surface area contributed by atoms with Gasteiger partial charge < -0.3 is 33.9 Å². The summed E-state index contributed by atoms with van der Waals surface area (Å²) < 4.78 is 22.5. The number of aliphatic hydroxyl groups excluding tert-OH is 3. The van der Waals surface area contributed by atoms with Gasteiger partial charge >= 0.3 is 6.09 Å². The number of allylic oxidation sites excluding steroid dienone is 1. The van der Waals surface area contributed by atoms with Crippen molar-refractivity contribution in [1.82, 2.24) is 0 Å². The lowest BCUT2D eigenvalue weighted by atomic mass is 9.71. The van der Waals surface area contributed by atoms with Gasteiger partial charge in [0.25, 0.3) is 0 Å². The van der Waals surface area contributed by atoms with Crippen molar-refractivity contribution in [1.29, 1.82) is 0 Å². The van der Waals surface area contributed by atoms with Gasteiger partial charge in [0.05, 0.1) is 25.7 Å². The molecule has 40 heavy (non-hydrogen) atoms. The Kier molecular flexibility index (Phi) is 7.41. The van der Waals surface area contributed by atoms with E-state index in [-0.39, 0.29) is 24.6 Å². The summed E-state index contributed by atoms with van der Waals surface area (Å²) in [4.78, 5) is 25.7. The first kappa shape index (κ1) is 27.4. The fourth-order valence-corrected chi connectivity index (χ4v) is 5.12. The quantitative estimate of drug-likeness (QED) is 0.329. The third-order valence-corrected chi connectivity index (χ3v) is 7.24. The highest BCUT2D eigenvalue weighted by atomic mass is 16.6. The van der Waals surface area contributed by atoms with Crippen LogP contribution in [0.3, 0.4) is 0 Å². The molecule has 10 heteroatoms. The first-order chi connectivity index (χ1) is 19.1. The van der Waals surface area contributed by atoms with Crippen molar-refractivity contribution in [2.24, 2.45) is 0 Å². The number of ether oxygens (including phenoxy) is 3. The zero-order chi connectivity index (χ0) is 28.6. The molecule has 3 aromatic rings. The average molecular weight is 550 g/mol. The van der Waals surface area contributed by atoms with Gasteiger partial charge in [-0.1, -0.05) is 6.07 Å². The molecule has 0 saturated carbocycles. The van der Waals surface area contributed by atoms with Crippen molar-refractivity contribution in [2.45, 2.75) is 44.3 Å². The van der Waals surface area contributed by atoms with Crippen LogP contribution in [0, 0.1) is 0 Å². The third kappa shape index (κ3) is 5.21. The monoisotopic (exact) mass is 549 g/mol. The summed E-state index contributed by atoms with van der Waals surface area (Å²) in [6.45, 7) is 3.22. The van der Waals surface area contributed by atoms with E-state index < -0.39 is 30.3 Å². The number of ketones is 1. The third-order valence-electron chi connectivity index (χ3n) is 7.24. The maximum atomic E-state index is 13.2. The van der Waals surface area contributed by atoms with E-state index in [1.807, 2.05) is 26.0 Å². The summed E-state index contributed by atoms with van der Waals surface area (Å²) in [5.41, 5.74) is 3.15. The highest BCUT2D eigenvalue weighted by Crippen LogP contribution is 2.47. The van der Waals surface area contributed by atoms with Gasteiger partial charge in [0, 0.05) is 29.2 Å². The number of methoxy groups -OCH3 is 1. The van der Waals surface area contributed by atoms with E-state index in [1.54, 1.807) is 43.5 Å². The largest absolute Gasteiger partial charge is 0.497 e. The SMILES string of the molecule is COc1ccc(NC(=O)OC2=Cc3oc4c(c3C(=O)C2)Cc2ccc(OC[C@@H](O)[C@H](O)CO)cc2C4(C)C)cc1. The molecule has 0 saturated heterocycles. The molecule has 0 bridgehead atoms. The number of furan rings is 1. The smallest absolute Gasteiger partial charge is 0.416 e. The Labute approximate surface area is 230 Å². The molecule has 1 amide bonds. The van der Waals surface area contributed by atoms with Gasteiger partial charge in [0.2, 0.25) is 0 Å². The molecule has 2 aliphatic carbocycles. The Morgan fingerprint density at radius 2 is 1.80 bits per heavy atom. The highest BCUT2D eigenvalue weighted by molar-refractivity contribution is 6.05. The Bertz CT molecular complexity index is 1470. The van der Waals surface area contributed by atoms with Crippen LogP contribution < -0.4 is 14.8 Å². The summed E-state index contributed by atoms with van der Waals surface area (Å²) in [7, 11) is 1.55. The molecule has 0 radical (unpaired) electrons. The summed E-state index contributed by atoms with van der Waals surface area (Å²) in [5.74, 6) is 2.14. The van der Waals surface area contributed by atoms with Crippen LogP contribution in [0.1, 0.15) is 58.8 Å². The average Bonchev–Trinajstić information content (AvgIpc) is 3.31. The van der Waals surface area contributed by atoms with Gasteiger partial charge in [-0.25, -0.2) is 4.79 Å². The van der Waals surface area contributed by atoms with Crippen LogP contribution in [-0.2, 0) is 16.6 Å². The number of hydrogen-bond acceptors (Lipinski definition) is 9. The van der Waals surface area contributed by atoms with Crippen LogP contribution in [0.25, 0.3) is 6.08 Å². The zero-order valence-corrected chi connectivity index (χ0v) is 22.4. The lowest BCUT2D eigenvalue weighted by Gasteiger charge is -2.32. The minimum absolute atomic E-state index is 0.0723. The second-order valence-corrected chi connectivity index (χ2v) is 10.4. The number of rotatable bonds is 8. The molecular weight excluding hydrogens is 518 g/mol. The van der Waals surface area contributed by atoms with E-state index in [1.165, 1.54) is 0 Å². The molecule has 1 aromatic heterocycles. The van der Waals surface area contributed by atoms with Gasteiger partial charge in [-0.2, -0.15) is 0 Å². The molecule has 5 rings (SSSR count). The number of benzene rings is 2. The number of fused-ring (bicyclic) bond motifs is 4. The molecule has 0 aliphatic heterocycles. The number of carbonyl (C=O) groups is 2. The van der Waals surface area contributed by atoms with Crippen molar-refractivity contribution in [2.75, 3.05) is 25.6 Å². The van der Waals surface area contributed by atoms with Crippen LogP contribution in [0.15, 0.2) is 52.6 Å². The topological polar surface area (TPSA) is 148 Å². The van der Waals surface area contributed by atoms with Crippen LogP contribution in [0.4, 0.5) is 10.5 Å². The van der Waals surface area contributed by atoms with E-state index in [9.17, 15) is 19.8 Å². The van der Waals surface area contributed by atoms with E-state index in [4.69, 9.17) is 23.7 Å². The summed E-state index contributed by atoms with van der Waals surface area (Å²) >= 11 is 0. The minimum Gasteiger partial charge on any atom is -0.497 e. The summed E-state index contributed by atoms with van der Waals surface area (Å²) in [6.07, 6.45) is -1.25. The molecule has 0 unspecified atom stereocenters. The lowest BCUT2D eigenvalue weighted by molar-refractivity contribution is -0.0339. The highest BCUT2D eigenvalue weighted by Gasteiger charge is 2.41. The molecule has 4 N–H and O–H groups in total. The number of aliphatic hydroxyl groups is 3. The van der Waals surface area contributed by atoms with E-state index >= 15 is 0 Å². The Morgan fingerprint density at radius 3 is 2.50 bits per heavy atom. The second-order valence-electron chi connectivity index (χ2n) is 10.4. The van der Waals surface area contributed by atoms with E-state index in [0.29, 0.717) is 40.7 Å². The molecule has 2 aromatic carbocycles. The van der Waals surface area contributed by atoms with Gasteiger partial charge in [-0.15, -0.1) is 0 Å². The normalized spacial score (nSPS) is 16.6. The first-order valence-electron chi connectivity index (χ1n) is 12.9. The van der Waals surface area contributed by atoms with Gasteiger partial charge in [0.15, 0.2) is 5.78 Å². The summed E-state index contributed by atoms with van der Waals surface area (Å²) in [5, 5.41) is 31.1. The number of amides is 1. The van der Waals surface area contributed by atoms with Gasteiger partial charge in [-0.05, 0) is 61.4 Å². The first-order valence-corrected chi connectivity index (χ1v) is 12.9. The fourth-order valence-electron chi connectivity index (χ4n) is 5.12. The molecular formula is C30H31NO9. The number of carbonyl (C=O) groups excluding carboxylic acids is 2. The second kappa shape index (κ2) is 10.8. The maximum Gasteiger partial charge on any atom is 0.416 e. The molecule has 0 spiro atoms. The van der Waals surface area contributed by atoms with Gasteiger partial charge in [-0.3, -0.25) is 10.1 Å². The number of nitrogens with one attached hydrogen (secondary N) is 1. The predicted octanol–water partition coefficient (Wildman–Crippen LogP) is 3.79. The van der Waals surface area contributed by atoms with Gasteiger partial charge in [0.1, 0.15) is 47.6 Å². The van der Waals surface area contributed by atoms with E-state index in [2.05, 4.69) is 5.32 Å². The molecule has 1 heterocycles. The molecule has 210 valence electrons. The zero-order valence-electron chi connectivity index (χ0n) is 22.4. The fraction of sp³-hybridized carbons (Fsp3) is 0.333. The maximum absolute atomic E-state index is 13.2.